The van der Waals surface area contributed by atoms with Crippen molar-refractivity contribution in [1.82, 2.24) is 0 Å². The Hall–Kier alpha value is -2.00. The third-order valence-corrected chi connectivity index (χ3v) is 3.42. The summed E-state index contributed by atoms with van der Waals surface area (Å²) in [4.78, 5) is 0.488. The Bertz CT molecular complexity index is 752. The van der Waals surface area contributed by atoms with Crippen molar-refractivity contribution in [3.05, 3.63) is 29.3 Å². The van der Waals surface area contributed by atoms with Gasteiger partial charge in [-0.05, 0) is 18.2 Å². The summed E-state index contributed by atoms with van der Waals surface area (Å²) >= 11 is 0. The van der Waals surface area contributed by atoms with Crippen LogP contribution >= 0.6 is 0 Å². The minimum absolute atomic E-state index is 0.407. The molecular formula is C13H12F6N2O3S. The molecule has 5 nitrogen and oxygen atoms in total. The Morgan fingerprint density at radius 2 is 1.80 bits per heavy atom. The summed E-state index contributed by atoms with van der Waals surface area (Å²) in [6.07, 6.45) is -9.00. The first kappa shape index (κ1) is 21.0. The number of halogens is 6. The summed E-state index contributed by atoms with van der Waals surface area (Å²) < 4.78 is 103. The van der Waals surface area contributed by atoms with E-state index in [2.05, 4.69) is 4.18 Å². The van der Waals surface area contributed by atoms with Crippen molar-refractivity contribution >= 4 is 15.8 Å². The lowest BCUT2D eigenvalue weighted by Gasteiger charge is -2.26. The lowest BCUT2D eigenvalue weighted by atomic mass is 10.1. The average Bonchev–Trinajstić information content (AvgIpc) is 2.42. The number of anilines is 1. The summed E-state index contributed by atoms with van der Waals surface area (Å²) in [6, 6.07) is 3.39. The Kier molecular flexibility index (Phi) is 6.30. The fourth-order valence-electron chi connectivity index (χ4n) is 1.88. The van der Waals surface area contributed by atoms with Crippen molar-refractivity contribution in [2.75, 3.05) is 30.9 Å². The van der Waals surface area contributed by atoms with E-state index in [0.29, 0.717) is 17.2 Å². The molecular weight excluding hydrogens is 378 g/mol. The third kappa shape index (κ3) is 7.18. The summed E-state index contributed by atoms with van der Waals surface area (Å²) in [5.41, 5.74) is -2.60. The molecule has 0 saturated heterocycles. The van der Waals surface area contributed by atoms with Crippen LogP contribution in [0.2, 0.25) is 0 Å². The number of hydrogen-bond donors (Lipinski definition) is 0. The van der Waals surface area contributed by atoms with Gasteiger partial charge in [-0.3, -0.25) is 4.18 Å². The Morgan fingerprint density at radius 1 is 1.20 bits per heavy atom. The number of alkyl halides is 6. The highest BCUT2D eigenvalue weighted by Gasteiger charge is 2.36. The van der Waals surface area contributed by atoms with Crippen LogP contribution in [0.3, 0.4) is 0 Å². The number of hydrogen-bond acceptors (Lipinski definition) is 5. The molecule has 0 spiro atoms. The first-order valence-electron chi connectivity index (χ1n) is 6.50. The largest absolute Gasteiger partial charge is 0.417 e. The zero-order valence-corrected chi connectivity index (χ0v) is 13.5. The van der Waals surface area contributed by atoms with E-state index in [9.17, 15) is 34.8 Å². The molecule has 12 heteroatoms. The van der Waals surface area contributed by atoms with E-state index in [0.717, 1.165) is 12.1 Å². The van der Waals surface area contributed by atoms with Gasteiger partial charge in [0.05, 0.1) is 30.1 Å². The minimum atomic E-state index is -4.94. The van der Waals surface area contributed by atoms with Crippen LogP contribution in [0.1, 0.15) is 11.1 Å². The van der Waals surface area contributed by atoms with Crippen LogP contribution in [0.25, 0.3) is 0 Å². The smallest absolute Gasteiger partial charge is 0.360 e. The second-order valence-electron chi connectivity index (χ2n) is 4.90. The highest BCUT2D eigenvalue weighted by molar-refractivity contribution is 7.85. The van der Waals surface area contributed by atoms with Crippen molar-refractivity contribution in [2.24, 2.45) is 0 Å². The number of nitriles is 1. The topological polar surface area (TPSA) is 70.4 Å². The van der Waals surface area contributed by atoms with Crippen LogP contribution < -0.4 is 4.90 Å². The Labute approximate surface area is 139 Å². The lowest BCUT2D eigenvalue weighted by Crippen LogP contribution is -2.37. The van der Waals surface area contributed by atoms with Crippen LogP contribution in [0.15, 0.2) is 18.2 Å². The molecule has 0 aliphatic carbocycles. The molecule has 0 amide bonds. The highest BCUT2D eigenvalue weighted by atomic mass is 32.2. The molecule has 0 bridgehead atoms. The molecule has 140 valence electrons. The monoisotopic (exact) mass is 390 g/mol. The van der Waals surface area contributed by atoms with E-state index in [4.69, 9.17) is 5.26 Å². The Morgan fingerprint density at radius 3 is 2.24 bits per heavy atom. The van der Waals surface area contributed by atoms with Crippen molar-refractivity contribution in [3.8, 4) is 6.07 Å². The van der Waals surface area contributed by atoms with Gasteiger partial charge in [-0.25, -0.2) is 0 Å². The second kappa shape index (κ2) is 7.49. The van der Waals surface area contributed by atoms with E-state index in [1.54, 1.807) is 0 Å². The average molecular weight is 390 g/mol. The van der Waals surface area contributed by atoms with Gasteiger partial charge in [0.25, 0.3) is 10.1 Å². The molecule has 0 fully saturated rings. The molecule has 0 aliphatic rings. The maximum absolute atomic E-state index is 12.9. The standard InChI is InChI=1S/C13H12F6N2O3S/c1-25(22,23)24-5-4-21(8-12(14,15)16)10-3-2-9(7-20)11(6-10)13(17,18)19/h2-3,6H,4-5,8H2,1H3. The minimum Gasteiger partial charge on any atom is -0.360 e. The Balaban J connectivity index is 3.19. The molecule has 0 aliphatic heterocycles. The van der Waals surface area contributed by atoms with Gasteiger partial charge in [-0.15, -0.1) is 0 Å². The molecule has 1 rings (SSSR count). The predicted octanol–water partition coefficient (Wildman–Crippen LogP) is 2.92. The van der Waals surface area contributed by atoms with Gasteiger partial charge in [-0.2, -0.15) is 40.0 Å². The third-order valence-electron chi connectivity index (χ3n) is 2.82. The number of rotatable bonds is 6. The van der Waals surface area contributed by atoms with Crippen molar-refractivity contribution in [1.29, 1.82) is 5.26 Å². The zero-order valence-electron chi connectivity index (χ0n) is 12.6. The van der Waals surface area contributed by atoms with Gasteiger partial charge >= 0.3 is 12.4 Å². The normalized spacial score (nSPS) is 12.7. The van der Waals surface area contributed by atoms with Gasteiger partial charge in [0.15, 0.2) is 0 Å². The lowest BCUT2D eigenvalue weighted by molar-refractivity contribution is -0.137. The second-order valence-corrected chi connectivity index (χ2v) is 6.55. The van der Waals surface area contributed by atoms with Crippen LogP contribution in [-0.2, 0) is 20.5 Å². The van der Waals surface area contributed by atoms with Crippen molar-refractivity contribution in [3.63, 3.8) is 0 Å². The molecule has 25 heavy (non-hydrogen) atoms. The van der Waals surface area contributed by atoms with Crippen molar-refractivity contribution in [2.45, 2.75) is 12.4 Å². The molecule has 0 saturated carbocycles. The van der Waals surface area contributed by atoms with Crippen molar-refractivity contribution < 1.29 is 38.9 Å². The first-order valence-corrected chi connectivity index (χ1v) is 8.32. The van der Waals surface area contributed by atoms with Gasteiger partial charge in [-0.1, -0.05) is 0 Å². The van der Waals surface area contributed by atoms with E-state index < -0.39 is 59.0 Å². The fourth-order valence-corrected chi connectivity index (χ4v) is 2.25. The van der Waals surface area contributed by atoms with Crippen LogP contribution in [0.4, 0.5) is 32.0 Å². The zero-order chi connectivity index (χ0) is 19.5. The maximum Gasteiger partial charge on any atom is 0.417 e. The van der Waals surface area contributed by atoms with E-state index in [1.807, 2.05) is 0 Å². The number of nitrogens with zero attached hydrogens (tertiary/aromatic N) is 2. The molecule has 0 atom stereocenters. The SMILES string of the molecule is CS(=O)(=O)OCCN(CC(F)(F)F)c1ccc(C#N)c(C(F)(F)F)c1. The maximum atomic E-state index is 12.9. The van der Waals surface area contributed by atoms with Crippen LogP contribution in [0, 0.1) is 11.3 Å². The van der Waals surface area contributed by atoms with Gasteiger partial charge in [0.1, 0.15) is 6.54 Å². The molecule has 0 radical (unpaired) electrons. The molecule has 0 unspecified atom stereocenters. The van der Waals surface area contributed by atoms with E-state index in [1.165, 1.54) is 6.07 Å². The van der Waals surface area contributed by atoms with Gasteiger partial charge in [0, 0.05) is 12.2 Å². The van der Waals surface area contributed by atoms with Gasteiger partial charge in [0.2, 0.25) is 0 Å². The van der Waals surface area contributed by atoms with Crippen LogP contribution in [-0.4, -0.2) is 40.5 Å². The van der Waals surface area contributed by atoms with Crippen LogP contribution in [0.5, 0.6) is 0 Å². The van der Waals surface area contributed by atoms with E-state index >= 15 is 0 Å². The quantitative estimate of drug-likeness (QED) is 0.552. The fraction of sp³-hybridized carbons (Fsp3) is 0.462. The molecule has 1 aromatic carbocycles. The molecule has 0 aromatic heterocycles. The number of benzene rings is 1. The molecule has 1 aromatic rings. The molecule has 0 heterocycles. The summed E-state index contributed by atoms with van der Waals surface area (Å²) in [6.45, 7) is -2.94. The summed E-state index contributed by atoms with van der Waals surface area (Å²) in [5.74, 6) is 0. The molecule has 0 N–H and O–H groups in total. The van der Waals surface area contributed by atoms with Gasteiger partial charge < -0.3 is 4.90 Å². The first-order chi connectivity index (χ1) is 11.2. The highest BCUT2D eigenvalue weighted by Crippen LogP contribution is 2.35. The van der Waals surface area contributed by atoms with E-state index in [-0.39, 0.29) is 0 Å². The summed E-state index contributed by atoms with van der Waals surface area (Å²) in [7, 11) is -3.92. The summed E-state index contributed by atoms with van der Waals surface area (Å²) in [5, 5.41) is 8.70. The predicted molar refractivity (Wildman–Crippen MR) is 75.2 cm³/mol.